The van der Waals surface area contributed by atoms with Crippen molar-refractivity contribution in [3.05, 3.63) is 28.7 Å². The van der Waals surface area contributed by atoms with Crippen LogP contribution in [0.5, 0.6) is 0 Å². The molecule has 2 aromatic rings. The number of aliphatic carboxylic acids is 1. The molecule has 7 nitrogen and oxygen atoms in total. The van der Waals surface area contributed by atoms with E-state index in [-0.39, 0.29) is 23.7 Å². The summed E-state index contributed by atoms with van der Waals surface area (Å²) in [7, 11) is 0. The lowest BCUT2D eigenvalue weighted by atomic mass is 10.1. The lowest BCUT2D eigenvalue weighted by molar-refractivity contribution is -0.139. The predicted octanol–water partition coefficient (Wildman–Crippen LogP) is 1.12. The van der Waals surface area contributed by atoms with Crippen LogP contribution in [0.4, 0.5) is 0 Å². The third-order valence-corrected chi connectivity index (χ3v) is 5.47. The van der Waals surface area contributed by atoms with E-state index in [1.807, 2.05) is 11.4 Å². The molecule has 0 unspecified atom stereocenters. The highest BCUT2D eigenvalue weighted by atomic mass is 32.1. The SMILES string of the molecule is O=C(O)[C@@H]1[C@@H]2CCN(C(=O)c3sccc3-n3ccnn3)C[C@@H]21. The highest BCUT2D eigenvalue weighted by molar-refractivity contribution is 7.12. The Kier molecular flexibility index (Phi) is 3.00. The van der Waals surface area contributed by atoms with Crippen molar-refractivity contribution < 1.29 is 14.7 Å². The Morgan fingerprint density at radius 3 is 2.95 bits per heavy atom. The molecule has 1 amide bonds. The van der Waals surface area contributed by atoms with Gasteiger partial charge in [0.25, 0.3) is 5.91 Å². The van der Waals surface area contributed by atoms with Gasteiger partial charge in [0.15, 0.2) is 0 Å². The monoisotopic (exact) mass is 318 g/mol. The minimum absolute atomic E-state index is 0.0463. The second-order valence-electron chi connectivity index (χ2n) is 5.71. The molecule has 1 N–H and O–H groups in total. The van der Waals surface area contributed by atoms with Gasteiger partial charge in [-0.1, -0.05) is 5.21 Å². The number of carboxylic acid groups (broad SMARTS) is 1. The number of nitrogens with zero attached hydrogens (tertiary/aromatic N) is 4. The number of piperidine rings is 1. The number of hydrogen-bond acceptors (Lipinski definition) is 5. The quantitative estimate of drug-likeness (QED) is 0.916. The van der Waals surface area contributed by atoms with E-state index in [1.165, 1.54) is 11.3 Å². The largest absolute Gasteiger partial charge is 0.481 e. The summed E-state index contributed by atoms with van der Waals surface area (Å²) < 4.78 is 1.58. The van der Waals surface area contributed by atoms with Crippen LogP contribution in [-0.4, -0.2) is 50.0 Å². The molecule has 22 heavy (non-hydrogen) atoms. The van der Waals surface area contributed by atoms with Crippen LogP contribution < -0.4 is 0 Å². The van der Waals surface area contributed by atoms with Gasteiger partial charge in [-0.25, -0.2) is 4.68 Å². The summed E-state index contributed by atoms with van der Waals surface area (Å²) in [4.78, 5) is 26.3. The molecular formula is C14H14N4O3S. The van der Waals surface area contributed by atoms with Crippen LogP contribution in [0, 0.1) is 17.8 Å². The van der Waals surface area contributed by atoms with Gasteiger partial charge < -0.3 is 10.0 Å². The van der Waals surface area contributed by atoms with Gasteiger partial charge in [-0.15, -0.1) is 16.4 Å². The Labute approximate surface area is 130 Å². The van der Waals surface area contributed by atoms with Gasteiger partial charge in [0.2, 0.25) is 0 Å². The molecule has 0 radical (unpaired) electrons. The summed E-state index contributed by atoms with van der Waals surface area (Å²) in [5.41, 5.74) is 0.722. The number of likely N-dealkylation sites (tertiary alicyclic amines) is 1. The van der Waals surface area contributed by atoms with Crippen LogP contribution in [-0.2, 0) is 4.79 Å². The molecule has 1 aliphatic heterocycles. The van der Waals surface area contributed by atoms with E-state index in [2.05, 4.69) is 10.3 Å². The van der Waals surface area contributed by atoms with Crippen LogP contribution in [0.25, 0.3) is 5.69 Å². The number of fused-ring (bicyclic) bond motifs is 1. The molecule has 4 rings (SSSR count). The second-order valence-corrected chi connectivity index (χ2v) is 6.63. The van der Waals surface area contributed by atoms with E-state index >= 15 is 0 Å². The Hall–Kier alpha value is -2.22. The fourth-order valence-electron chi connectivity index (χ4n) is 3.41. The molecule has 2 aliphatic rings. The van der Waals surface area contributed by atoms with E-state index in [4.69, 9.17) is 5.11 Å². The predicted molar refractivity (Wildman–Crippen MR) is 77.9 cm³/mol. The third kappa shape index (κ3) is 2.02. The molecule has 3 atom stereocenters. The third-order valence-electron chi connectivity index (χ3n) is 4.58. The fourth-order valence-corrected chi connectivity index (χ4v) is 4.26. The molecule has 0 spiro atoms. The average molecular weight is 318 g/mol. The normalized spacial score (nSPS) is 26.5. The van der Waals surface area contributed by atoms with Gasteiger partial charge in [0.05, 0.1) is 24.0 Å². The first-order valence-electron chi connectivity index (χ1n) is 7.13. The number of thiophene rings is 1. The maximum atomic E-state index is 12.7. The van der Waals surface area contributed by atoms with Crippen molar-refractivity contribution in [2.24, 2.45) is 17.8 Å². The molecule has 114 valence electrons. The Bertz CT molecular complexity index is 726. The standard InChI is InChI=1S/C14H14N4O3S/c19-13(12-10(2-6-22-12)18-5-3-15-16-18)17-4-1-8-9(7-17)11(8)14(20)21/h2-3,5-6,8-9,11H,1,4,7H2,(H,20,21)/t8-,9+,11-/m1/s1. The molecule has 0 aromatic carbocycles. The van der Waals surface area contributed by atoms with Crippen LogP contribution in [0.3, 0.4) is 0 Å². The second kappa shape index (κ2) is 4.91. The van der Waals surface area contributed by atoms with Gasteiger partial charge in [-0.05, 0) is 29.7 Å². The van der Waals surface area contributed by atoms with Gasteiger partial charge in [0, 0.05) is 13.1 Å². The molecular weight excluding hydrogens is 304 g/mol. The van der Waals surface area contributed by atoms with Gasteiger partial charge in [-0.2, -0.15) is 0 Å². The summed E-state index contributed by atoms with van der Waals surface area (Å²) in [6.45, 7) is 1.16. The van der Waals surface area contributed by atoms with Crippen molar-refractivity contribution in [3.8, 4) is 5.69 Å². The zero-order chi connectivity index (χ0) is 15.3. The smallest absolute Gasteiger partial charge is 0.307 e. The number of carbonyl (C=O) groups excluding carboxylic acids is 1. The Morgan fingerprint density at radius 2 is 2.23 bits per heavy atom. The van der Waals surface area contributed by atoms with Crippen molar-refractivity contribution in [1.29, 1.82) is 0 Å². The van der Waals surface area contributed by atoms with Gasteiger partial charge in [-0.3, -0.25) is 9.59 Å². The highest BCUT2D eigenvalue weighted by Gasteiger charge is 2.57. The number of aromatic nitrogens is 3. The minimum Gasteiger partial charge on any atom is -0.481 e. The molecule has 1 saturated carbocycles. The summed E-state index contributed by atoms with van der Waals surface area (Å²) in [6.07, 6.45) is 4.04. The first-order valence-corrected chi connectivity index (χ1v) is 8.01. The van der Waals surface area contributed by atoms with Gasteiger partial charge in [0.1, 0.15) is 4.88 Å². The topological polar surface area (TPSA) is 88.3 Å². The molecule has 1 saturated heterocycles. The molecule has 1 aliphatic carbocycles. The fraction of sp³-hybridized carbons (Fsp3) is 0.429. The first-order chi connectivity index (χ1) is 10.7. The maximum absolute atomic E-state index is 12.7. The Morgan fingerprint density at radius 1 is 1.36 bits per heavy atom. The van der Waals surface area contributed by atoms with Crippen molar-refractivity contribution in [2.75, 3.05) is 13.1 Å². The Balaban J connectivity index is 1.54. The molecule has 3 heterocycles. The molecule has 0 bridgehead atoms. The number of carboxylic acids is 1. The number of rotatable bonds is 3. The highest BCUT2D eigenvalue weighted by Crippen LogP contribution is 2.51. The van der Waals surface area contributed by atoms with E-state index in [9.17, 15) is 9.59 Å². The van der Waals surface area contributed by atoms with Crippen molar-refractivity contribution in [2.45, 2.75) is 6.42 Å². The number of amides is 1. The lowest BCUT2D eigenvalue weighted by Gasteiger charge is -2.26. The van der Waals surface area contributed by atoms with Crippen LogP contribution in [0.15, 0.2) is 23.8 Å². The van der Waals surface area contributed by atoms with Crippen molar-refractivity contribution >= 4 is 23.2 Å². The summed E-state index contributed by atoms with van der Waals surface area (Å²) in [6, 6.07) is 1.84. The van der Waals surface area contributed by atoms with E-state index in [1.54, 1.807) is 22.0 Å². The molecule has 2 fully saturated rings. The van der Waals surface area contributed by atoms with Crippen molar-refractivity contribution in [3.63, 3.8) is 0 Å². The first kappa shape index (κ1) is 13.4. The van der Waals surface area contributed by atoms with Crippen LogP contribution in [0.1, 0.15) is 16.1 Å². The number of hydrogen-bond donors (Lipinski definition) is 1. The lowest BCUT2D eigenvalue weighted by Crippen LogP contribution is -2.37. The number of carbonyl (C=O) groups is 2. The zero-order valence-electron chi connectivity index (χ0n) is 11.6. The van der Waals surface area contributed by atoms with Gasteiger partial charge >= 0.3 is 5.97 Å². The summed E-state index contributed by atoms with van der Waals surface area (Å²) in [5.74, 6) is -0.681. The molecule has 2 aromatic heterocycles. The van der Waals surface area contributed by atoms with E-state index in [0.717, 1.165) is 12.1 Å². The minimum atomic E-state index is -0.733. The summed E-state index contributed by atoms with van der Waals surface area (Å²) in [5, 5.41) is 18.7. The maximum Gasteiger partial charge on any atom is 0.307 e. The molecule has 8 heteroatoms. The van der Waals surface area contributed by atoms with Crippen LogP contribution >= 0.6 is 11.3 Å². The van der Waals surface area contributed by atoms with Crippen LogP contribution in [0.2, 0.25) is 0 Å². The average Bonchev–Trinajstić information content (AvgIpc) is 2.89. The van der Waals surface area contributed by atoms with E-state index in [0.29, 0.717) is 18.0 Å². The zero-order valence-corrected chi connectivity index (χ0v) is 12.4. The van der Waals surface area contributed by atoms with Crippen molar-refractivity contribution in [1.82, 2.24) is 19.9 Å². The summed E-state index contributed by atoms with van der Waals surface area (Å²) >= 11 is 1.38. The van der Waals surface area contributed by atoms with E-state index < -0.39 is 5.97 Å².